The Hall–Kier alpha value is -2.51. The zero-order valence-electron chi connectivity index (χ0n) is 15.4. The quantitative estimate of drug-likeness (QED) is 0.681. The molecule has 0 saturated heterocycles. The number of amides is 2. The number of fused-ring (bicyclic) bond motifs is 1. The van der Waals surface area contributed by atoms with Crippen molar-refractivity contribution in [3.05, 3.63) is 50.9 Å². The molecule has 0 aliphatic heterocycles. The molecular weight excluding hydrogens is 405 g/mol. The number of carbonyl (C=O) groups excluding carboxylic acids is 2. The highest BCUT2D eigenvalue weighted by molar-refractivity contribution is 6.35. The number of hydrogen-bond donors (Lipinski definition) is 2. The van der Waals surface area contributed by atoms with Gasteiger partial charge in [0.25, 0.3) is 5.91 Å². The summed E-state index contributed by atoms with van der Waals surface area (Å²) in [5.41, 5.74) is 4.89. The van der Waals surface area contributed by atoms with Crippen molar-refractivity contribution >= 4 is 46.6 Å². The Kier molecular flexibility index (Phi) is 6.26. The van der Waals surface area contributed by atoms with Crippen LogP contribution in [0.5, 0.6) is 0 Å². The largest absolute Gasteiger partial charge is 0.455 e. The fourth-order valence-corrected chi connectivity index (χ4v) is 3.61. The van der Waals surface area contributed by atoms with Crippen LogP contribution in [0.25, 0.3) is 0 Å². The summed E-state index contributed by atoms with van der Waals surface area (Å²) in [7, 11) is 0. The molecule has 2 N–H and O–H groups in total. The van der Waals surface area contributed by atoms with E-state index in [0.29, 0.717) is 45.6 Å². The average molecular weight is 424 g/mol. The van der Waals surface area contributed by atoms with Gasteiger partial charge in [0.1, 0.15) is 5.76 Å². The molecule has 2 aromatic rings. The highest BCUT2D eigenvalue weighted by atomic mass is 35.5. The zero-order valence-corrected chi connectivity index (χ0v) is 16.9. The SMILES string of the molecule is CCOC(=O)N/N=C1\CCCc2oc(C(=O)Nc3cc(Cl)cc(Cl)c3)c(C)c21. The van der Waals surface area contributed by atoms with Crippen LogP contribution in [-0.2, 0) is 11.2 Å². The van der Waals surface area contributed by atoms with E-state index in [0.717, 1.165) is 12.0 Å². The molecule has 0 unspecified atom stereocenters. The lowest BCUT2D eigenvalue weighted by molar-refractivity contribution is 0.0994. The van der Waals surface area contributed by atoms with E-state index in [9.17, 15) is 9.59 Å². The number of aryl methyl sites for hydroxylation is 1. The number of halogens is 2. The van der Waals surface area contributed by atoms with Crippen molar-refractivity contribution in [2.75, 3.05) is 11.9 Å². The van der Waals surface area contributed by atoms with Gasteiger partial charge in [-0.15, -0.1) is 0 Å². The van der Waals surface area contributed by atoms with Crippen LogP contribution in [0, 0.1) is 6.92 Å². The van der Waals surface area contributed by atoms with E-state index in [-0.39, 0.29) is 12.4 Å². The molecule has 2 amide bonds. The number of rotatable bonds is 4. The van der Waals surface area contributed by atoms with Crippen LogP contribution in [0.4, 0.5) is 10.5 Å². The summed E-state index contributed by atoms with van der Waals surface area (Å²) < 4.78 is 10.6. The van der Waals surface area contributed by atoms with Crippen molar-refractivity contribution in [1.82, 2.24) is 5.43 Å². The molecule has 9 heteroatoms. The van der Waals surface area contributed by atoms with E-state index >= 15 is 0 Å². The monoisotopic (exact) mass is 423 g/mol. The van der Waals surface area contributed by atoms with Crippen LogP contribution in [-0.4, -0.2) is 24.3 Å². The number of nitrogens with one attached hydrogen (secondary N) is 2. The zero-order chi connectivity index (χ0) is 20.3. The van der Waals surface area contributed by atoms with Crippen molar-refractivity contribution in [2.45, 2.75) is 33.1 Å². The third-order valence-corrected chi connectivity index (χ3v) is 4.65. The smallest absolute Gasteiger partial charge is 0.427 e. The molecule has 0 fully saturated rings. The van der Waals surface area contributed by atoms with Gasteiger partial charge in [0, 0.05) is 33.3 Å². The first-order valence-electron chi connectivity index (χ1n) is 8.78. The Bertz CT molecular complexity index is 933. The lowest BCUT2D eigenvalue weighted by Crippen LogP contribution is -2.22. The summed E-state index contributed by atoms with van der Waals surface area (Å²) in [4.78, 5) is 24.2. The Morgan fingerprint density at radius 2 is 1.93 bits per heavy atom. The number of hydrazone groups is 1. The lowest BCUT2D eigenvalue weighted by atomic mass is 9.93. The maximum atomic E-state index is 12.7. The van der Waals surface area contributed by atoms with Crippen LogP contribution in [0.3, 0.4) is 0 Å². The molecule has 0 atom stereocenters. The first-order chi connectivity index (χ1) is 13.4. The Morgan fingerprint density at radius 3 is 2.61 bits per heavy atom. The minimum atomic E-state index is -0.626. The Labute approximate surface area is 172 Å². The standard InChI is InChI=1S/C19H19Cl2N3O4/c1-3-27-19(26)24-23-14-5-4-6-15-16(14)10(2)17(28-15)18(25)22-13-8-11(20)7-12(21)9-13/h7-9H,3-6H2,1-2H3,(H,22,25)(H,24,26)/b23-14+. The molecular formula is C19H19Cl2N3O4. The van der Waals surface area contributed by atoms with Gasteiger partial charge in [-0.1, -0.05) is 23.2 Å². The highest BCUT2D eigenvalue weighted by Crippen LogP contribution is 2.31. The molecule has 148 valence electrons. The maximum Gasteiger partial charge on any atom is 0.427 e. The van der Waals surface area contributed by atoms with Gasteiger partial charge in [-0.05, 0) is 44.9 Å². The number of benzene rings is 1. The summed E-state index contributed by atoms with van der Waals surface area (Å²) in [6.45, 7) is 3.75. The molecule has 0 radical (unpaired) electrons. The fourth-order valence-electron chi connectivity index (χ4n) is 3.09. The van der Waals surface area contributed by atoms with Crippen LogP contribution in [0.1, 0.15) is 47.2 Å². The molecule has 0 spiro atoms. The molecule has 0 saturated carbocycles. The maximum absolute atomic E-state index is 12.7. The number of hydrogen-bond acceptors (Lipinski definition) is 5. The number of ether oxygens (including phenoxy) is 1. The second-order valence-electron chi connectivity index (χ2n) is 6.21. The average Bonchev–Trinajstić information content (AvgIpc) is 2.97. The van der Waals surface area contributed by atoms with Crippen molar-refractivity contribution < 1.29 is 18.7 Å². The van der Waals surface area contributed by atoms with Crippen molar-refractivity contribution in [3.8, 4) is 0 Å². The van der Waals surface area contributed by atoms with E-state index in [1.54, 1.807) is 32.0 Å². The fraction of sp³-hybridized carbons (Fsp3) is 0.316. The molecule has 1 aliphatic carbocycles. The highest BCUT2D eigenvalue weighted by Gasteiger charge is 2.28. The summed E-state index contributed by atoms with van der Waals surface area (Å²) in [6, 6.07) is 4.77. The molecule has 1 aromatic heterocycles. The minimum Gasteiger partial charge on any atom is -0.455 e. The third-order valence-electron chi connectivity index (χ3n) is 4.21. The summed E-state index contributed by atoms with van der Waals surface area (Å²) in [5.74, 6) is 0.442. The van der Waals surface area contributed by atoms with E-state index in [2.05, 4.69) is 15.8 Å². The Morgan fingerprint density at radius 1 is 1.21 bits per heavy atom. The minimum absolute atomic E-state index is 0.187. The van der Waals surface area contributed by atoms with Crippen LogP contribution in [0.15, 0.2) is 27.7 Å². The van der Waals surface area contributed by atoms with Crippen molar-refractivity contribution in [1.29, 1.82) is 0 Å². The Balaban J connectivity index is 1.85. The molecule has 3 rings (SSSR count). The molecule has 1 aromatic carbocycles. The van der Waals surface area contributed by atoms with E-state index in [1.165, 1.54) is 0 Å². The summed E-state index contributed by atoms with van der Waals surface area (Å²) in [6.07, 6.45) is 1.52. The van der Waals surface area contributed by atoms with Gasteiger partial charge in [0.05, 0.1) is 12.3 Å². The third kappa shape index (κ3) is 4.48. The summed E-state index contributed by atoms with van der Waals surface area (Å²) >= 11 is 12.0. The van der Waals surface area contributed by atoms with Crippen molar-refractivity contribution in [2.24, 2.45) is 5.10 Å². The number of furan rings is 1. The van der Waals surface area contributed by atoms with Gasteiger partial charge in [-0.3, -0.25) is 4.79 Å². The van der Waals surface area contributed by atoms with Gasteiger partial charge < -0.3 is 14.5 Å². The topological polar surface area (TPSA) is 92.9 Å². The van der Waals surface area contributed by atoms with Gasteiger partial charge in [-0.2, -0.15) is 5.10 Å². The molecule has 1 heterocycles. The summed E-state index contributed by atoms with van der Waals surface area (Å²) in [5, 5.41) is 7.72. The normalized spacial score (nSPS) is 14.5. The van der Waals surface area contributed by atoms with Gasteiger partial charge >= 0.3 is 6.09 Å². The van der Waals surface area contributed by atoms with Crippen LogP contribution >= 0.6 is 23.2 Å². The van der Waals surface area contributed by atoms with Crippen molar-refractivity contribution in [3.63, 3.8) is 0 Å². The number of anilines is 1. The van der Waals surface area contributed by atoms with E-state index in [4.69, 9.17) is 32.4 Å². The van der Waals surface area contributed by atoms with Crippen LogP contribution < -0.4 is 10.7 Å². The molecule has 7 nitrogen and oxygen atoms in total. The second kappa shape index (κ2) is 8.67. The molecule has 0 bridgehead atoms. The second-order valence-corrected chi connectivity index (χ2v) is 7.08. The first-order valence-corrected chi connectivity index (χ1v) is 9.54. The predicted octanol–water partition coefficient (Wildman–Crippen LogP) is 4.93. The van der Waals surface area contributed by atoms with Gasteiger partial charge in [-0.25, -0.2) is 10.2 Å². The van der Waals surface area contributed by atoms with Gasteiger partial charge in [0.15, 0.2) is 5.76 Å². The van der Waals surface area contributed by atoms with Gasteiger partial charge in [0.2, 0.25) is 0 Å². The number of carbonyl (C=O) groups is 2. The van der Waals surface area contributed by atoms with Crippen LogP contribution in [0.2, 0.25) is 10.0 Å². The van der Waals surface area contributed by atoms with E-state index in [1.807, 2.05) is 0 Å². The predicted molar refractivity (Wildman–Crippen MR) is 107 cm³/mol. The molecule has 28 heavy (non-hydrogen) atoms. The lowest BCUT2D eigenvalue weighted by Gasteiger charge is -2.13. The number of nitrogens with zero attached hydrogens (tertiary/aromatic N) is 1. The molecule has 1 aliphatic rings. The van der Waals surface area contributed by atoms with E-state index < -0.39 is 12.0 Å². The first kappa shape index (κ1) is 20.2.